The third-order valence-electron chi connectivity index (χ3n) is 7.52. The first-order chi connectivity index (χ1) is 15.4. The Morgan fingerprint density at radius 1 is 1.19 bits per heavy atom. The van der Waals surface area contributed by atoms with Crippen molar-refractivity contribution in [3.63, 3.8) is 0 Å². The van der Waals surface area contributed by atoms with E-state index >= 15 is 0 Å². The molecule has 3 aliphatic rings. The molecule has 2 aromatic rings. The van der Waals surface area contributed by atoms with Gasteiger partial charge in [0.05, 0.1) is 5.41 Å². The number of aryl methyl sites for hydroxylation is 1. The van der Waals surface area contributed by atoms with Crippen molar-refractivity contribution in [3.8, 4) is 5.75 Å². The molecule has 0 aromatic heterocycles. The van der Waals surface area contributed by atoms with Gasteiger partial charge in [0.25, 0.3) is 0 Å². The minimum absolute atomic E-state index is 0.111. The molecule has 0 radical (unpaired) electrons. The maximum Gasteiger partial charge on any atom is 0.235 e. The van der Waals surface area contributed by atoms with Gasteiger partial charge in [0.2, 0.25) is 5.91 Å². The van der Waals surface area contributed by atoms with Crippen LogP contribution in [-0.4, -0.2) is 43.6 Å². The van der Waals surface area contributed by atoms with Crippen LogP contribution < -0.4 is 15.0 Å². The number of carbonyl (C=O) groups excluding carboxylic acids is 1. The summed E-state index contributed by atoms with van der Waals surface area (Å²) in [5.74, 6) is 1.03. The standard InChI is InChI=1S/C26H30ClN3O2/c1-17-4-5-19-14-21(7-9-24(19)29(17)3)32-16-18(2)30-12-10-26(11-13-30)22-15-20(27)6-8-23(22)28-25(26)31/h6-9,14-15,18H,1,4-5,10-13,16H2,2-3H3,(H,28,31). The van der Waals surface area contributed by atoms with Crippen LogP contribution in [0.3, 0.4) is 0 Å². The number of anilines is 2. The van der Waals surface area contributed by atoms with Crippen LogP contribution in [0.15, 0.2) is 48.7 Å². The lowest BCUT2D eigenvalue weighted by Crippen LogP contribution is -2.50. The average molecular weight is 452 g/mol. The Balaban J connectivity index is 1.21. The molecular weight excluding hydrogens is 422 g/mol. The molecule has 5 nitrogen and oxygen atoms in total. The highest BCUT2D eigenvalue weighted by atomic mass is 35.5. The fourth-order valence-corrected chi connectivity index (χ4v) is 5.52. The van der Waals surface area contributed by atoms with Crippen LogP contribution >= 0.6 is 11.6 Å². The van der Waals surface area contributed by atoms with E-state index in [9.17, 15) is 4.79 Å². The van der Waals surface area contributed by atoms with Gasteiger partial charge in [-0.15, -0.1) is 0 Å². The number of hydrogen-bond acceptors (Lipinski definition) is 4. The van der Waals surface area contributed by atoms with Crippen LogP contribution in [0.5, 0.6) is 5.75 Å². The van der Waals surface area contributed by atoms with Crippen molar-refractivity contribution in [1.29, 1.82) is 0 Å². The van der Waals surface area contributed by atoms with Crippen LogP contribution in [0, 0.1) is 0 Å². The number of amides is 1. The smallest absolute Gasteiger partial charge is 0.235 e. The number of nitrogens with zero attached hydrogens (tertiary/aromatic N) is 2. The molecule has 5 rings (SSSR count). The number of fused-ring (bicyclic) bond motifs is 3. The van der Waals surface area contributed by atoms with Crippen molar-refractivity contribution < 1.29 is 9.53 Å². The molecule has 1 fully saturated rings. The van der Waals surface area contributed by atoms with E-state index in [1.54, 1.807) is 0 Å². The summed E-state index contributed by atoms with van der Waals surface area (Å²) in [4.78, 5) is 17.5. The summed E-state index contributed by atoms with van der Waals surface area (Å²) in [6.07, 6.45) is 3.59. The summed E-state index contributed by atoms with van der Waals surface area (Å²) in [6.45, 7) is 8.69. The van der Waals surface area contributed by atoms with Crippen LogP contribution in [0.4, 0.5) is 11.4 Å². The van der Waals surface area contributed by atoms with Gasteiger partial charge >= 0.3 is 0 Å². The fraction of sp³-hybridized carbons (Fsp3) is 0.423. The lowest BCUT2D eigenvalue weighted by molar-refractivity contribution is -0.122. The molecule has 2 aromatic carbocycles. The highest BCUT2D eigenvalue weighted by Gasteiger charge is 2.48. The summed E-state index contributed by atoms with van der Waals surface area (Å²) in [5, 5.41) is 3.74. The molecule has 6 heteroatoms. The Labute approximate surface area is 195 Å². The molecule has 168 valence electrons. The normalized spacial score (nSPS) is 20.7. The maximum absolute atomic E-state index is 12.9. The number of benzene rings is 2. The quantitative estimate of drug-likeness (QED) is 0.711. The van der Waals surface area contributed by atoms with E-state index < -0.39 is 5.41 Å². The molecule has 3 aliphatic heterocycles. The number of carbonyl (C=O) groups is 1. The number of allylic oxidation sites excluding steroid dienone is 1. The van der Waals surface area contributed by atoms with E-state index in [4.69, 9.17) is 16.3 Å². The summed E-state index contributed by atoms with van der Waals surface area (Å²) >= 11 is 6.24. The van der Waals surface area contributed by atoms with Gasteiger partial charge in [-0.1, -0.05) is 18.2 Å². The van der Waals surface area contributed by atoms with Gasteiger partial charge in [-0.05, 0) is 93.2 Å². The van der Waals surface area contributed by atoms with Crippen molar-refractivity contribution in [2.75, 3.05) is 37.0 Å². The maximum atomic E-state index is 12.9. The molecule has 32 heavy (non-hydrogen) atoms. The SMILES string of the molecule is C=C1CCc2cc(OCC(C)N3CCC4(CC3)C(=O)Nc3ccc(Cl)cc34)ccc2N1C. The van der Waals surface area contributed by atoms with Crippen LogP contribution in [0.25, 0.3) is 0 Å². The van der Waals surface area contributed by atoms with E-state index in [1.807, 2.05) is 18.2 Å². The van der Waals surface area contributed by atoms with Gasteiger partial charge in [0.1, 0.15) is 12.4 Å². The molecule has 1 N–H and O–H groups in total. The largest absolute Gasteiger partial charge is 0.492 e. The number of nitrogens with one attached hydrogen (secondary N) is 1. The molecule has 1 unspecified atom stereocenters. The third kappa shape index (κ3) is 3.57. The molecule has 1 saturated heterocycles. The topological polar surface area (TPSA) is 44.8 Å². The molecule has 1 atom stereocenters. The van der Waals surface area contributed by atoms with Crippen LogP contribution in [0.2, 0.25) is 5.02 Å². The zero-order valence-corrected chi connectivity index (χ0v) is 19.5. The van der Waals surface area contributed by atoms with E-state index in [0.717, 1.165) is 61.5 Å². The Kier molecular flexibility index (Phi) is 5.42. The first kappa shape index (κ1) is 21.4. The Hall–Kier alpha value is -2.50. The molecule has 0 bridgehead atoms. The summed E-state index contributed by atoms with van der Waals surface area (Å²) < 4.78 is 6.18. The van der Waals surface area contributed by atoms with E-state index in [-0.39, 0.29) is 11.9 Å². The molecule has 0 aliphatic carbocycles. The van der Waals surface area contributed by atoms with Gasteiger partial charge < -0.3 is 15.0 Å². The van der Waals surface area contributed by atoms with Gasteiger partial charge in [0.15, 0.2) is 0 Å². The van der Waals surface area contributed by atoms with Crippen LogP contribution in [0.1, 0.15) is 37.3 Å². The molecule has 3 heterocycles. The van der Waals surface area contributed by atoms with Crippen molar-refractivity contribution in [2.45, 2.75) is 44.1 Å². The van der Waals surface area contributed by atoms with E-state index in [1.165, 1.54) is 11.3 Å². The highest BCUT2D eigenvalue weighted by molar-refractivity contribution is 6.31. The predicted octanol–water partition coefficient (Wildman–Crippen LogP) is 4.99. The number of rotatable bonds is 4. The lowest BCUT2D eigenvalue weighted by atomic mass is 9.73. The summed E-state index contributed by atoms with van der Waals surface area (Å²) in [5.41, 5.74) is 5.20. The Bertz CT molecular complexity index is 1070. The van der Waals surface area contributed by atoms with E-state index in [2.05, 4.69) is 53.9 Å². The van der Waals surface area contributed by atoms with Gasteiger partial charge in [-0.3, -0.25) is 9.69 Å². The van der Waals surface area contributed by atoms with Crippen molar-refractivity contribution in [1.82, 2.24) is 4.90 Å². The molecule has 1 spiro atoms. The zero-order chi connectivity index (χ0) is 22.5. The van der Waals surface area contributed by atoms with Gasteiger partial charge in [0, 0.05) is 35.2 Å². The number of likely N-dealkylation sites (tertiary alicyclic amines) is 1. The second-order valence-electron chi connectivity index (χ2n) is 9.34. The number of halogens is 1. The van der Waals surface area contributed by atoms with Crippen molar-refractivity contribution in [2.24, 2.45) is 0 Å². The average Bonchev–Trinajstić information content (AvgIpc) is 3.06. The Morgan fingerprint density at radius 2 is 1.97 bits per heavy atom. The number of ether oxygens (including phenoxy) is 1. The fourth-order valence-electron chi connectivity index (χ4n) is 5.35. The zero-order valence-electron chi connectivity index (χ0n) is 18.8. The first-order valence-corrected chi connectivity index (χ1v) is 11.8. The predicted molar refractivity (Wildman–Crippen MR) is 130 cm³/mol. The highest BCUT2D eigenvalue weighted by Crippen LogP contribution is 2.46. The second-order valence-corrected chi connectivity index (χ2v) is 9.77. The van der Waals surface area contributed by atoms with Crippen LogP contribution in [-0.2, 0) is 16.6 Å². The van der Waals surface area contributed by atoms with Crippen molar-refractivity contribution >= 4 is 28.9 Å². The minimum atomic E-state index is -0.453. The second kappa shape index (κ2) is 8.13. The third-order valence-corrected chi connectivity index (χ3v) is 7.75. The monoisotopic (exact) mass is 451 g/mol. The van der Waals surface area contributed by atoms with Gasteiger partial charge in [-0.2, -0.15) is 0 Å². The van der Waals surface area contributed by atoms with E-state index in [0.29, 0.717) is 11.6 Å². The molecule has 0 saturated carbocycles. The number of hydrogen-bond donors (Lipinski definition) is 1. The summed E-state index contributed by atoms with van der Waals surface area (Å²) in [6, 6.07) is 12.3. The molecule has 1 amide bonds. The lowest BCUT2D eigenvalue weighted by Gasteiger charge is -2.40. The Morgan fingerprint density at radius 3 is 2.75 bits per heavy atom. The van der Waals surface area contributed by atoms with Gasteiger partial charge in [-0.25, -0.2) is 0 Å². The first-order valence-electron chi connectivity index (χ1n) is 11.4. The molecular formula is C26H30ClN3O2. The minimum Gasteiger partial charge on any atom is -0.492 e. The van der Waals surface area contributed by atoms with Crippen molar-refractivity contribution in [3.05, 3.63) is 64.8 Å². The summed E-state index contributed by atoms with van der Waals surface area (Å²) in [7, 11) is 2.07. The number of piperidine rings is 1.